The maximum Gasteiger partial charge on any atom is 0.254 e. The van der Waals surface area contributed by atoms with E-state index in [1.165, 1.54) is 28.0 Å². The number of hydrogen-bond donors (Lipinski definition) is 2. The molecule has 6 nitrogen and oxygen atoms in total. The number of nitrogens with one attached hydrogen (secondary N) is 1. The van der Waals surface area contributed by atoms with E-state index in [0.29, 0.717) is 17.7 Å². The molecule has 39 heavy (non-hydrogen) atoms. The Kier molecular flexibility index (Phi) is 11.8. The van der Waals surface area contributed by atoms with Gasteiger partial charge >= 0.3 is 0 Å². The average Bonchev–Trinajstić information content (AvgIpc) is 3.01. The van der Waals surface area contributed by atoms with Crippen molar-refractivity contribution < 1.29 is 23.5 Å². The first-order valence-corrected chi connectivity index (χ1v) is 12.5. The van der Waals surface area contributed by atoms with Gasteiger partial charge in [-0.1, -0.05) is 37.3 Å². The number of nitrogens with zero attached hydrogens (tertiary/aromatic N) is 2. The van der Waals surface area contributed by atoms with Gasteiger partial charge in [-0.25, -0.2) is 8.78 Å². The molecule has 0 radical (unpaired) electrons. The Morgan fingerprint density at radius 2 is 1.67 bits per heavy atom. The van der Waals surface area contributed by atoms with Gasteiger partial charge in [-0.15, -0.1) is 0 Å². The van der Waals surface area contributed by atoms with Crippen LogP contribution in [0.2, 0.25) is 0 Å². The van der Waals surface area contributed by atoms with E-state index in [2.05, 4.69) is 5.32 Å². The number of aryl methyl sites for hydroxylation is 2. The molecule has 2 N–H and O–H groups in total. The molecule has 1 atom stereocenters. The Balaban J connectivity index is 0.00000533. The van der Waals surface area contributed by atoms with Gasteiger partial charge in [-0.05, 0) is 67.3 Å². The standard InChI is InChI=1S/C30H35F2N3O3.CH4/c1-20-6-5-7-22(10-20)16-33-17-28(36)19-35(18-23-8-9-26(31)15-27(32)13-23)30(38)25-12-21(2)11-24(14-25)29(37)34(3)4;/h5-7,9-15,28,33,36H,8,16-19H2,1-4H3;1H4/t28-;/m1./s1. The highest BCUT2D eigenvalue weighted by atomic mass is 19.1. The first-order valence-electron chi connectivity index (χ1n) is 12.5. The van der Waals surface area contributed by atoms with Gasteiger partial charge < -0.3 is 20.2 Å². The van der Waals surface area contributed by atoms with E-state index >= 15 is 0 Å². The Morgan fingerprint density at radius 1 is 0.974 bits per heavy atom. The molecule has 3 rings (SSSR count). The van der Waals surface area contributed by atoms with Crippen molar-refractivity contribution in [3.8, 4) is 0 Å². The maximum absolute atomic E-state index is 14.1. The predicted molar refractivity (Wildman–Crippen MR) is 152 cm³/mol. The zero-order valence-electron chi connectivity index (χ0n) is 22.3. The molecule has 0 aromatic heterocycles. The quantitative estimate of drug-likeness (QED) is 0.432. The third kappa shape index (κ3) is 9.57. The lowest BCUT2D eigenvalue weighted by Gasteiger charge is -2.27. The summed E-state index contributed by atoms with van der Waals surface area (Å²) in [6.07, 6.45) is 2.46. The minimum atomic E-state index is -0.921. The second-order valence-corrected chi connectivity index (χ2v) is 9.87. The van der Waals surface area contributed by atoms with Crippen LogP contribution in [0.15, 0.2) is 77.9 Å². The zero-order valence-corrected chi connectivity index (χ0v) is 22.3. The van der Waals surface area contributed by atoms with Crippen LogP contribution in [-0.4, -0.2) is 66.6 Å². The van der Waals surface area contributed by atoms with E-state index in [-0.39, 0.29) is 45.0 Å². The largest absolute Gasteiger partial charge is 0.390 e. The van der Waals surface area contributed by atoms with Gasteiger partial charge in [0.1, 0.15) is 11.7 Å². The Hall–Kier alpha value is -3.62. The molecule has 210 valence electrons. The second kappa shape index (κ2) is 14.5. The number of halogens is 2. The van der Waals surface area contributed by atoms with Gasteiger partial charge in [-0.2, -0.15) is 0 Å². The van der Waals surface area contributed by atoms with Crippen molar-refractivity contribution in [2.45, 2.75) is 40.3 Å². The number of aliphatic hydroxyl groups is 1. The number of carbonyl (C=O) groups excluding carboxylic acids is 2. The highest BCUT2D eigenvalue weighted by Gasteiger charge is 2.23. The fraction of sp³-hybridized carbons (Fsp3) is 0.355. The summed E-state index contributed by atoms with van der Waals surface area (Å²) in [7, 11) is 3.26. The molecule has 8 heteroatoms. The van der Waals surface area contributed by atoms with Crippen LogP contribution in [0.4, 0.5) is 8.78 Å². The third-order valence-corrected chi connectivity index (χ3v) is 6.06. The summed E-state index contributed by atoms with van der Waals surface area (Å²) in [5, 5.41) is 14.0. The molecular weight excluding hydrogens is 500 g/mol. The summed E-state index contributed by atoms with van der Waals surface area (Å²) < 4.78 is 27.8. The second-order valence-electron chi connectivity index (χ2n) is 9.87. The molecule has 0 saturated carbocycles. The topological polar surface area (TPSA) is 72.9 Å². The van der Waals surface area contributed by atoms with Crippen molar-refractivity contribution in [1.29, 1.82) is 0 Å². The number of benzene rings is 2. The van der Waals surface area contributed by atoms with Gasteiger partial charge in [0.25, 0.3) is 11.8 Å². The van der Waals surface area contributed by atoms with Crippen molar-refractivity contribution in [3.63, 3.8) is 0 Å². The van der Waals surface area contributed by atoms with Crippen LogP contribution in [0.5, 0.6) is 0 Å². The monoisotopic (exact) mass is 539 g/mol. The van der Waals surface area contributed by atoms with Crippen LogP contribution < -0.4 is 5.32 Å². The van der Waals surface area contributed by atoms with Crippen molar-refractivity contribution >= 4 is 11.8 Å². The minimum Gasteiger partial charge on any atom is -0.390 e. The van der Waals surface area contributed by atoms with E-state index < -0.39 is 23.7 Å². The molecule has 1 aliphatic carbocycles. The minimum absolute atomic E-state index is 0. The van der Waals surface area contributed by atoms with Gasteiger partial charge in [0.15, 0.2) is 0 Å². The fourth-order valence-corrected chi connectivity index (χ4v) is 4.28. The molecule has 0 saturated heterocycles. The van der Waals surface area contributed by atoms with Crippen LogP contribution in [-0.2, 0) is 6.54 Å². The highest BCUT2D eigenvalue weighted by molar-refractivity contribution is 6.00. The number of amides is 2. The number of hydrogen-bond acceptors (Lipinski definition) is 4. The average molecular weight is 540 g/mol. The van der Waals surface area contributed by atoms with Crippen molar-refractivity contribution in [2.24, 2.45) is 0 Å². The summed E-state index contributed by atoms with van der Waals surface area (Å²) >= 11 is 0. The molecule has 0 heterocycles. The molecule has 0 spiro atoms. The summed E-state index contributed by atoms with van der Waals surface area (Å²) in [4.78, 5) is 29.0. The molecule has 2 aromatic rings. The van der Waals surface area contributed by atoms with E-state index in [9.17, 15) is 23.5 Å². The summed E-state index contributed by atoms with van der Waals surface area (Å²) in [6, 6.07) is 12.9. The number of carbonyl (C=O) groups is 2. The van der Waals surface area contributed by atoms with Crippen LogP contribution in [0.25, 0.3) is 0 Å². The molecule has 2 amide bonds. The van der Waals surface area contributed by atoms with Crippen molar-refractivity contribution in [2.75, 3.05) is 33.7 Å². The van der Waals surface area contributed by atoms with Crippen LogP contribution in [0, 0.1) is 13.8 Å². The lowest BCUT2D eigenvalue weighted by Crippen LogP contribution is -2.42. The highest BCUT2D eigenvalue weighted by Crippen LogP contribution is 2.21. The van der Waals surface area contributed by atoms with E-state index in [1.807, 2.05) is 31.2 Å². The molecule has 0 aliphatic heterocycles. The van der Waals surface area contributed by atoms with Gasteiger partial charge in [0, 0.05) is 57.5 Å². The molecular formula is C31H39F2N3O3. The van der Waals surface area contributed by atoms with Gasteiger partial charge in [0.2, 0.25) is 0 Å². The summed E-state index contributed by atoms with van der Waals surface area (Å²) in [5.74, 6) is -2.09. The number of aliphatic hydroxyl groups excluding tert-OH is 1. The Morgan fingerprint density at radius 3 is 2.33 bits per heavy atom. The molecule has 2 aromatic carbocycles. The maximum atomic E-state index is 14.1. The van der Waals surface area contributed by atoms with Crippen molar-refractivity contribution in [1.82, 2.24) is 15.1 Å². The first kappa shape index (κ1) is 31.6. The van der Waals surface area contributed by atoms with Gasteiger partial charge in [-0.3, -0.25) is 9.59 Å². The molecule has 1 aliphatic rings. The fourth-order valence-electron chi connectivity index (χ4n) is 4.28. The number of allylic oxidation sites excluding steroid dienone is 5. The van der Waals surface area contributed by atoms with E-state index in [4.69, 9.17) is 0 Å². The SMILES string of the molecule is C.Cc1cccc(CNC[C@@H](O)CN(CC2=CC(F)=CC(F)=CC2)C(=O)c2cc(C)cc(C(=O)N(C)C)c2)c1. The zero-order chi connectivity index (χ0) is 27.8. The van der Waals surface area contributed by atoms with Gasteiger partial charge in [0.05, 0.1) is 6.10 Å². The Bertz CT molecular complexity index is 1270. The van der Waals surface area contributed by atoms with Crippen molar-refractivity contribution in [3.05, 3.63) is 106 Å². The van der Waals surface area contributed by atoms with Crippen LogP contribution in [0.3, 0.4) is 0 Å². The molecule has 0 bridgehead atoms. The van der Waals surface area contributed by atoms with E-state index in [1.54, 1.807) is 33.2 Å². The third-order valence-electron chi connectivity index (χ3n) is 6.06. The Labute approximate surface area is 230 Å². The first-order chi connectivity index (χ1) is 18.0. The lowest BCUT2D eigenvalue weighted by atomic mass is 10.0. The van der Waals surface area contributed by atoms with Crippen LogP contribution in [0.1, 0.15) is 51.3 Å². The number of rotatable bonds is 10. The smallest absolute Gasteiger partial charge is 0.254 e. The summed E-state index contributed by atoms with van der Waals surface area (Å²) in [6.45, 7) is 4.51. The predicted octanol–water partition coefficient (Wildman–Crippen LogP) is 5.27. The molecule has 0 fully saturated rings. The molecule has 0 unspecified atom stereocenters. The lowest BCUT2D eigenvalue weighted by molar-refractivity contribution is 0.0642. The normalized spacial score (nSPS) is 13.8. The van der Waals surface area contributed by atoms with Crippen LogP contribution >= 0.6 is 0 Å². The van der Waals surface area contributed by atoms with E-state index in [0.717, 1.165) is 22.8 Å². The summed E-state index contributed by atoms with van der Waals surface area (Å²) in [5.41, 5.74) is 4.07.